The van der Waals surface area contributed by atoms with E-state index in [4.69, 9.17) is 9.97 Å². The SMILES string of the molecule is CC1(C)c2ccccc2-c2cc3c4ccccc4c4cc(-c5ccc(-c6nc(-c7ccc(-c8ccccc8)cc7)c7ccccc7n6)cc5)ccc4c3cc21. The molecule has 0 amide bonds. The summed E-state index contributed by atoms with van der Waals surface area (Å²) < 4.78 is 0. The summed E-state index contributed by atoms with van der Waals surface area (Å²) in [5.41, 5.74) is 14.2. The third-order valence-corrected chi connectivity index (χ3v) is 11.9. The van der Waals surface area contributed by atoms with Crippen LogP contribution in [0, 0.1) is 0 Å². The van der Waals surface area contributed by atoms with Gasteiger partial charge in [-0.15, -0.1) is 0 Å². The van der Waals surface area contributed by atoms with Crippen molar-refractivity contribution in [2.45, 2.75) is 19.3 Å². The van der Waals surface area contributed by atoms with Crippen molar-refractivity contribution < 1.29 is 0 Å². The molecule has 0 spiro atoms. The maximum atomic E-state index is 5.19. The summed E-state index contributed by atoms with van der Waals surface area (Å²) >= 11 is 0. The average Bonchev–Trinajstić information content (AvgIpc) is 3.48. The van der Waals surface area contributed by atoms with E-state index in [-0.39, 0.29) is 5.41 Å². The van der Waals surface area contributed by atoms with Gasteiger partial charge < -0.3 is 0 Å². The van der Waals surface area contributed by atoms with Crippen LogP contribution in [0.4, 0.5) is 0 Å². The highest BCUT2D eigenvalue weighted by molar-refractivity contribution is 6.26. The lowest BCUT2D eigenvalue weighted by Crippen LogP contribution is -2.14. The Balaban J connectivity index is 0.998. The van der Waals surface area contributed by atoms with Crippen molar-refractivity contribution in [3.8, 4) is 56.0 Å². The molecule has 258 valence electrons. The Morgan fingerprint density at radius 2 is 0.855 bits per heavy atom. The molecule has 0 aliphatic heterocycles. The molecule has 0 saturated carbocycles. The summed E-state index contributed by atoms with van der Waals surface area (Å²) in [4.78, 5) is 10.2. The standard InChI is InChI=1S/C53H36N2/c1-53(2)48-18-10-8-16-42(48)47-31-45-40-15-7-6-14-39(40)44-30-38(28-29-41(44)46(45)32-49(47)53)35-22-26-37(27-23-35)52-54-50-19-11-9-17-43(50)51(55-52)36-24-20-34(21-25-36)33-12-4-3-5-13-33/h3-32H,1-2H3. The molecule has 1 aliphatic rings. The Morgan fingerprint density at radius 3 is 1.62 bits per heavy atom. The quantitative estimate of drug-likeness (QED) is 0.171. The first-order chi connectivity index (χ1) is 27.0. The van der Waals surface area contributed by atoms with E-state index in [2.05, 4.69) is 184 Å². The largest absolute Gasteiger partial charge is 0.228 e. The molecule has 1 heterocycles. The molecule has 1 aromatic heterocycles. The van der Waals surface area contributed by atoms with Crippen molar-refractivity contribution in [2.24, 2.45) is 0 Å². The van der Waals surface area contributed by atoms with Crippen LogP contribution in [0.5, 0.6) is 0 Å². The smallest absolute Gasteiger partial charge is 0.160 e. The average molecular weight is 701 g/mol. The predicted molar refractivity (Wildman–Crippen MR) is 231 cm³/mol. The molecular formula is C53H36N2. The van der Waals surface area contributed by atoms with E-state index in [9.17, 15) is 0 Å². The van der Waals surface area contributed by atoms with Crippen LogP contribution in [0.15, 0.2) is 182 Å². The lowest BCUT2D eigenvalue weighted by molar-refractivity contribution is 0.661. The summed E-state index contributed by atoms with van der Waals surface area (Å²) in [5, 5.41) is 8.81. The first-order valence-electron chi connectivity index (χ1n) is 19.1. The minimum Gasteiger partial charge on any atom is -0.228 e. The Labute approximate surface area is 320 Å². The molecule has 0 unspecified atom stereocenters. The van der Waals surface area contributed by atoms with Gasteiger partial charge >= 0.3 is 0 Å². The lowest BCUT2D eigenvalue weighted by Gasteiger charge is -2.22. The monoisotopic (exact) mass is 700 g/mol. The Hall–Kier alpha value is -6.90. The molecular weight excluding hydrogens is 665 g/mol. The van der Waals surface area contributed by atoms with Crippen molar-refractivity contribution in [3.05, 3.63) is 193 Å². The second-order valence-corrected chi connectivity index (χ2v) is 15.4. The maximum Gasteiger partial charge on any atom is 0.160 e. The van der Waals surface area contributed by atoms with E-state index in [1.807, 2.05) is 12.1 Å². The number of fused-ring (bicyclic) bond motifs is 10. The molecule has 2 nitrogen and oxygen atoms in total. The summed E-state index contributed by atoms with van der Waals surface area (Å²) in [6, 6.07) is 65.9. The van der Waals surface area contributed by atoms with Crippen LogP contribution < -0.4 is 0 Å². The third-order valence-electron chi connectivity index (χ3n) is 11.9. The highest BCUT2D eigenvalue weighted by Gasteiger charge is 2.35. The molecule has 0 atom stereocenters. The zero-order chi connectivity index (χ0) is 36.7. The zero-order valence-electron chi connectivity index (χ0n) is 30.7. The van der Waals surface area contributed by atoms with E-state index in [0.29, 0.717) is 0 Å². The molecule has 1 aliphatic carbocycles. The second-order valence-electron chi connectivity index (χ2n) is 15.4. The molecule has 9 aromatic carbocycles. The highest BCUT2D eigenvalue weighted by Crippen LogP contribution is 2.51. The van der Waals surface area contributed by atoms with E-state index in [0.717, 1.165) is 39.1 Å². The minimum absolute atomic E-state index is 0.0533. The van der Waals surface area contributed by atoms with Crippen molar-refractivity contribution in [3.63, 3.8) is 0 Å². The number of rotatable bonds is 4. The van der Waals surface area contributed by atoms with Gasteiger partial charge in [0.1, 0.15) is 0 Å². The van der Waals surface area contributed by atoms with Gasteiger partial charge in [0.05, 0.1) is 11.2 Å². The molecule has 0 radical (unpaired) electrons. The van der Waals surface area contributed by atoms with Crippen molar-refractivity contribution >= 4 is 43.2 Å². The fourth-order valence-electron chi connectivity index (χ4n) is 9.02. The molecule has 2 heteroatoms. The maximum absolute atomic E-state index is 5.19. The fourth-order valence-corrected chi connectivity index (χ4v) is 9.02. The highest BCUT2D eigenvalue weighted by atomic mass is 14.9. The molecule has 0 bridgehead atoms. The van der Waals surface area contributed by atoms with Crippen molar-refractivity contribution in [1.82, 2.24) is 9.97 Å². The van der Waals surface area contributed by atoms with Gasteiger partial charge in [-0.05, 0) is 101 Å². The normalized spacial score (nSPS) is 13.1. The number of benzene rings is 9. The van der Waals surface area contributed by atoms with Gasteiger partial charge in [0.2, 0.25) is 0 Å². The van der Waals surface area contributed by atoms with Crippen LogP contribution in [-0.2, 0) is 5.41 Å². The Morgan fingerprint density at radius 1 is 0.327 bits per heavy atom. The van der Waals surface area contributed by atoms with Gasteiger partial charge in [0, 0.05) is 21.9 Å². The van der Waals surface area contributed by atoms with Crippen LogP contribution in [0.25, 0.3) is 99.2 Å². The third kappa shape index (κ3) is 4.95. The summed E-state index contributed by atoms with van der Waals surface area (Å²) in [5.74, 6) is 0.723. The topological polar surface area (TPSA) is 25.8 Å². The number of nitrogens with zero attached hydrogens (tertiary/aromatic N) is 2. The summed E-state index contributed by atoms with van der Waals surface area (Å²) in [7, 11) is 0. The molecule has 0 N–H and O–H groups in total. The van der Waals surface area contributed by atoms with Gasteiger partial charge in [-0.3, -0.25) is 0 Å². The first-order valence-corrected chi connectivity index (χ1v) is 19.1. The van der Waals surface area contributed by atoms with E-state index in [1.165, 1.54) is 71.3 Å². The summed E-state index contributed by atoms with van der Waals surface area (Å²) in [6.07, 6.45) is 0. The van der Waals surface area contributed by atoms with Gasteiger partial charge in [0.25, 0.3) is 0 Å². The van der Waals surface area contributed by atoms with Gasteiger partial charge in [-0.25, -0.2) is 9.97 Å². The van der Waals surface area contributed by atoms with E-state index in [1.54, 1.807) is 0 Å². The van der Waals surface area contributed by atoms with Crippen LogP contribution in [0.1, 0.15) is 25.0 Å². The number of para-hydroxylation sites is 1. The fraction of sp³-hybridized carbons (Fsp3) is 0.0566. The van der Waals surface area contributed by atoms with Crippen molar-refractivity contribution in [2.75, 3.05) is 0 Å². The molecule has 10 aromatic rings. The van der Waals surface area contributed by atoms with Crippen LogP contribution >= 0.6 is 0 Å². The lowest BCUT2D eigenvalue weighted by atomic mass is 9.81. The molecule has 11 rings (SSSR count). The minimum atomic E-state index is -0.0533. The Kier molecular flexibility index (Phi) is 6.93. The van der Waals surface area contributed by atoms with Crippen LogP contribution in [0.3, 0.4) is 0 Å². The predicted octanol–water partition coefficient (Wildman–Crippen LogP) is 14.1. The van der Waals surface area contributed by atoms with Gasteiger partial charge in [-0.2, -0.15) is 0 Å². The molecule has 0 fully saturated rings. The second kappa shape index (κ2) is 12.1. The molecule has 55 heavy (non-hydrogen) atoms. The van der Waals surface area contributed by atoms with E-state index >= 15 is 0 Å². The summed E-state index contributed by atoms with van der Waals surface area (Å²) in [6.45, 7) is 4.73. The van der Waals surface area contributed by atoms with Crippen LogP contribution in [0.2, 0.25) is 0 Å². The van der Waals surface area contributed by atoms with E-state index < -0.39 is 0 Å². The number of hydrogen-bond acceptors (Lipinski definition) is 2. The Bertz CT molecular complexity index is 3140. The zero-order valence-corrected chi connectivity index (χ0v) is 30.7. The van der Waals surface area contributed by atoms with Gasteiger partial charge in [0.15, 0.2) is 5.82 Å². The number of aromatic nitrogens is 2. The number of hydrogen-bond donors (Lipinski definition) is 0. The van der Waals surface area contributed by atoms with Crippen LogP contribution in [-0.4, -0.2) is 9.97 Å². The molecule has 0 saturated heterocycles. The van der Waals surface area contributed by atoms with Crippen molar-refractivity contribution in [1.29, 1.82) is 0 Å². The van der Waals surface area contributed by atoms with Gasteiger partial charge in [-0.1, -0.05) is 172 Å². The first kappa shape index (κ1) is 31.6.